The van der Waals surface area contributed by atoms with Gasteiger partial charge in [0, 0.05) is 92.0 Å². The van der Waals surface area contributed by atoms with E-state index in [4.69, 9.17) is 91.4 Å². The van der Waals surface area contributed by atoms with E-state index in [2.05, 4.69) is 71.1 Å². The van der Waals surface area contributed by atoms with Crippen LogP contribution in [-0.2, 0) is 18.8 Å². The predicted octanol–water partition coefficient (Wildman–Crippen LogP) is 16.4. The van der Waals surface area contributed by atoms with Gasteiger partial charge in [-0.25, -0.2) is 34.3 Å². The van der Waals surface area contributed by atoms with Crippen LogP contribution >= 0.6 is 58.0 Å². The van der Waals surface area contributed by atoms with E-state index in [0.717, 1.165) is 40.5 Å². The quantitative estimate of drug-likeness (QED) is 0.0543. The maximum Gasteiger partial charge on any atom is 0.417 e. The summed E-state index contributed by atoms with van der Waals surface area (Å²) < 4.78 is 95.3. The van der Waals surface area contributed by atoms with Crippen molar-refractivity contribution in [3.63, 3.8) is 0 Å². The fourth-order valence-electron chi connectivity index (χ4n) is 8.87. The minimum Gasteiger partial charge on any atom is -0.495 e. The van der Waals surface area contributed by atoms with E-state index in [-0.39, 0.29) is 40.6 Å². The van der Waals surface area contributed by atoms with E-state index in [1.807, 2.05) is 26.8 Å². The van der Waals surface area contributed by atoms with E-state index in [1.54, 1.807) is 104 Å². The number of ether oxygens (including phenoxy) is 1. The lowest BCUT2D eigenvalue weighted by molar-refractivity contribution is -0.138. The zero-order valence-electron chi connectivity index (χ0n) is 53.2. The van der Waals surface area contributed by atoms with Gasteiger partial charge in [-0.05, 0) is 130 Å². The van der Waals surface area contributed by atoms with Crippen LogP contribution < -0.4 is 54.7 Å². The zero-order chi connectivity index (χ0) is 71.3. The van der Waals surface area contributed by atoms with Gasteiger partial charge in [0.25, 0.3) is 0 Å². The fourth-order valence-corrected chi connectivity index (χ4v) is 10.0. The summed E-state index contributed by atoms with van der Waals surface area (Å²) in [4.78, 5) is 40.7. The molecule has 0 saturated heterocycles. The Morgan fingerprint density at radius 2 is 0.760 bits per heavy atom. The van der Waals surface area contributed by atoms with Gasteiger partial charge in [0.15, 0.2) is 0 Å². The highest BCUT2D eigenvalue weighted by Crippen LogP contribution is 2.41. The Morgan fingerprint density at radius 3 is 1.19 bits per heavy atom. The van der Waals surface area contributed by atoms with E-state index < -0.39 is 23.5 Å². The molecule has 0 unspecified atom stereocenters. The first kappa shape index (κ1) is 75.5. The van der Waals surface area contributed by atoms with Crippen LogP contribution in [0.25, 0.3) is 56.3 Å². The standard InChI is InChI=1S/C14H14F3N3.C13H12ClF3N4.C13H15FN4.C12H12Cl2N4O.C12H12Cl2N4/c1-3-10-7-12(20-13(18)19-10)11-6-9(14(15,16)17)5-4-8(11)2;1-6-3-8(13(15,16)17)9(14)4-7(6)10-5-11(19-2)21-12(18)20-10;1-7-5-10(14)8(2)4-9(7)11-6-12(16-3)18-13(15)17-11;1-16-11-5-9(17-12(15)18-11)6-3-8(14)10(19-2)4-7(6)13;1-6-3-8(13)9(14)4-7(6)10-5-11(16-2)18-12(15)17-10/h4-7H,3H2,1-2H3,(H2,18,19,20);3-5H,1-2H3,(H3,18,19,20,21);4-6H,1-3H3,(H3,15,16,17,18);3-5H,1-2H3,(H3,15,16,17,18);3-5H,1-2H3,(H3,15,16,17,18). The minimum atomic E-state index is -4.50. The first-order chi connectivity index (χ1) is 45.1. The van der Waals surface area contributed by atoms with Crippen molar-refractivity contribution in [1.29, 1.82) is 0 Å². The molecule has 20 nitrogen and oxygen atoms in total. The van der Waals surface area contributed by atoms with Crippen molar-refractivity contribution < 1.29 is 35.5 Å². The molecule has 0 aliphatic rings. The van der Waals surface area contributed by atoms with Crippen LogP contribution in [0.4, 0.5) is 83.7 Å². The highest BCUT2D eigenvalue weighted by Gasteiger charge is 2.34. The third-order valence-electron chi connectivity index (χ3n) is 13.7. The molecule has 0 aliphatic carbocycles. The molecule has 0 aliphatic heterocycles. The summed E-state index contributed by atoms with van der Waals surface area (Å²) in [7, 11) is 8.45. The van der Waals surface area contributed by atoms with Crippen LogP contribution in [0.3, 0.4) is 0 Å². The van der Waals surface area contributed by atoms with Crippen molar-refractivity contribution >= 4 is 111 Å². The molecule has 10 aromatic rings. The lowest BCUT2D eigenvalue weighted by Crippen LogP contribution is -2.07. The maximum absolute atomic E-state index is 13.4. The summed E-state index contributed by atoms with van der Waals surface area (Å²) in [6, 6.07) is 24.6. The number of nitrogens with two attached hydrogens (primary N) is 5. The molecule has 32 heteroatoms. The van der Waals surface area contributed by atoms with E-state index in [1.165, 1.54) is 25.3 Å². The summed E-state index contributed by atoms with van der Waals surface area (Å²) in [6.45, 7) is 10.7. The van der Waals surface area contributed by atoms with Crippen molar-refractivity contribution in [2.75, 3.05) is 85.2 Å². The molecule has 0 radical (unpaired) electrons. The summed E-state index contributed by atoms with van der Waals surface area (Å²) in [6.07, 6.45) is -8.24. The Kier molecular flexibility index (Phi) is 25.7. The Hall–Kier alpha value is -9.54. The van der Waals surface area contributed by atoms with Gasteiger partial charge in [0.2, 0.25) is 29.7 Å². The highest BCUT2D eigenvalue weighted by atomic mass is 35.5. The van der Waals surface area contributed by atoms with Gasteiger partial charge in [0.05, 0.1) is 71.8 Å². The molecule has 0 fully saturated rings. The average Bonchev–Trinajstić information content (AvgIpc) is 0.823. The minimum absolute atomic E-state index is 0.0206. The second kappa shape index (κ2) is 32.7. The van der Waals surface area contributed by atoms with Crippen LogP contribution in [0.15, 0.2) is 97.1 Å². The number of rotatable bonds is 11. The Labute approximate surface area is 573 Å². The molecule has 96 heavy (non-hydrogen) atoms. The predicted molar refractivity (Wildman–Crippen MR) is 372 cm³/mol. The van der Waals surface area contributed by atoms with E-state index in [9.17, 15) is 30.7 Å². The number of anilines is 9. The van der Waals surface area contributed by atoms with Gasteiger partial charge in [0.1, 0.15) is 34.8 Å². The van der Waals surface area contributed by atoms with Gasteiger partial charge in [-0.3, -0.25) is 0 Å². The number of halogens is 12. The van der Waals surface area contributed by atoms with Crippen molar-refractivity contribution in [1.82, 2.24) is 49.8 Å². The monoisotopic (exact) mass is 1420 g/mol. The number of nitrogen functional groups attached to an aromatic ring is 5. The van der Waals surface area contributed by atoms with Gasteiger partial charge in [-0.1, -0.05) is 71.0 Å². The summed E-state index contributed by atoms with van der Waals surface area (Å²) >= 11 is 30.0. The van der Waals surface area contributed by atoms with Crippen LogP contribution in [0, 0.1) is 40.4 Å². The molecule has 14 N–H and O–H groups in total. The van der Waals surface area contributed by atoms with Gasteiger partial charge < -0.3 is 54.7 Å². The number of nitrogens with one attached hydrogen (secondary N) is 4. The number of alkyl halides is 6. The van der Waals surface area contributed by atoms with Gasteiger partial charge >= 0.3 is 12.4 Å². The van der Waals surface area contributed by atoms with Crippen molar-refractivity contribution in [2.24, 2.45) is 0 Å². The van der Waals surface area contributed by atoms with Crippen LogP contribution in [0.1, 0.15) is 51.6 Å². The Balaban J connectivity index is 0.000000190. The van der Waals surface area contributed by atoms with Crippen LogP contribution in [0.2, 0.25) is 25.1 Å². The maximum atomic E-state index is 13.4. The lowest BCUT2D eigenvalue weighted by Gasteiger charge is -2.14. The molecule has 0 amide bonds. The molecular weight excluding hydrogens is 1360 g/mol. The molecule has 0 bridgehead atoms. The normalized spacial score (nSPS) is 10.9. The number of hydrogen-bond donors (Lipinski definition) is 9. The number of aryl methyl sites for hydroxylation is 6. The van der Waals surface area contributed by atoms with Crippen molar-refractivity contribution in [2.45, 2.75) is 60.3 Å². The topological polar surface area (TPSA) is 316 Å². The first-order valence-corrected chi connectivity index (χ1v) is 30.2. The largest absolute Gasteiger partial charge is 0.495 e. The third kappa shape index (κ3) is 20.0. The average molecular weight is 1430 g/mol. The zero-order valence-corrected chi connectivity index (χ0v) is 57.0. The van der Waals surface area contributed by atoms with E-state index >= 15 is 0 Å². The summed E-state index contributed by atoms with van der Waals surface area (Å²) in [5.74, 6) is 3.30. The number of benzene rings is 5. The van der Waals surface area contributed by atoms with Crippen LogP contribution in [-0.4, -0.2) is 85.1 Å². The molecule has 10 rings (SSSR count). The summed E-state index contributed by atoms with van der Waals surface area (Å²) in [5.41, 5.74) is 36.9. The van der Waals surface area contributed by atoms with Crippen LogP contribution in [0.5, 0.6) is 5.75 Å². The third-order valence-corrected chi connectivity index (χ3v) is 15.4. The highest BCUT2D eigenvalue weighted by molar-refractivity contribution is 6.42. The van der Waals surface area contributed by atoms with Gasteiger partial charge in [-0.15, -0.1) is 0 Å². The number of methoxy groups -OCH3 is 1. The first-order valence-electron chi connectivity index (χ1n) is 28.3. The molecule has 5 heterocycles. The summed E-state index contributed by atoms with van der Waals surface area (Å²) in [5, 5.41) is 13.1. The second-order valence-corrected chi connectivity index (χ2v) is 22.6. The molecule has 506 valence electrons. The lowest BCUT2D eigenvalue weighted by atomic mass is 10.0. The van der Waals surface area contributed by atoms with Crippen molar-refractivity contribution in [3.05, 3.63) is 173 Å². The van der Waals surface area contributed by atoms with Gasteiger partial charge in [-0.2, -0.15) is 46.3 Å². The molecule has 0 atom stereocenters. The Bertz CT molecular complexity index is 4330. The van der Waals surface area contributed by atoms with Crippen molar-refractivity contribution in [3.8, 4) is 62.0 Å². The second-order valence-electron chi connectivity index (χ2n) is 20.6. The number of hydrogen-bond acceptors (Lipinski definition) is 20. The fraction of sp³-hybridized carbons (Fsp3) is 0.219. The molecule has 0 saturated carbocycles. The SMILES string of the molecule is CCc1cc(-c2cc(C(F)(F)F)ccc2C)nc(N)n1.CNc1cc(-c2cc(C)c(F)cc2C)nc(N)n1.CNc1cc(-c2cc(Cl)c(C(F)(F)F)cc2C)nc(N)n1.CNc1cc(-c2cc(Cl)c(Cl)cc2C)nc(N)n1.CNc1cc(-c2cc(Cl)c(OC)cc2Cl)nc(N)n1. The molecular formula is C64H65Cl5F7N19O. The van der Waals surface area contributed by atoms with E-state index in [0.29, 0.717) is 123 Å². The smallest absolute Gasteiger partial charge is 0.417 e. The molecule has 5 aromatic heterocycles. The Morgan fingerprint density at radius 1 is 0.385 bits per heavy atom. The molecule has 5 aromatic carbocycles. The number of aromatic nitrogens is 10. The molecule has 0 spiro atoms. The number of nitrogens with zero attached hydrogens (tertiary/aromatic N) is 10.